The largest absolute Gasteiger partial charge is 0.480 e. The number of amides is 1. The molecule has 7 heteroatoms. The predicted octanol–water partition coefficient (Wildman–Crippen LogP) is 1.01. The van der Waals surface area contributed by atoms with Crippen molar-refractivity contribution in [2.75, 3.05) is 11.9 Å². The van der Waals surface area contributed by atoms with Crippen LogP contribution in [0.5, 0.6) is 0 Å². The second kappa shape index (κ2) is 5.69. The molecule has 92 valence electrons. The number of hydrogen-bond acceptors (Lipinski definition) is 4. The number of aromatic nitrogens is 2. The van der Waals surface area contributed by atoms with Crippen LogP contribution in [0.1, 0.15) is 5.69 Å². The normalized spacial score (nSPS) is 9.71. The van der Waals surface area contributed by atoms with Gasteiger partial charge in [-0.1, -0.05) is 12.7 Å². The second-order valence-electron chi connectivity index (χ2n) is 3.23. The average molecular weight is 239 g/mol. The van der Waals surface area contributed by atoms with Gasteiger partial charge in [-0.3, -0.25) is 10.1 Å². The molecule has 0 bridgehead atoms. The monoisotopic (exact) mass is 239 g/mol. The first kappa shape index (κ1) is 12.8. The fourth-order valence-corrected chi connectivity index (χ4v) is 1.17. The van der Waals surface area contributed by atoms with Crippen molar-refractivity contribution >= 4 is 17.9 Å². The summed E-state index contributed by atoms with van der Waals surface area (Å²) in [7, 11) is 0. The van der Waals surface area contributed by atoms with E-state index in [1.807, 2.05) is 0 Å². The zero-order valence-corrected chi connectivity index (χ0v) is 9.34. The number of nitrogens with one attached hydrogen (secondary N) is 1. The van der Waals surface area contributed by atoms with Crippen LogP contribution >= 0.6 is 0 Å². The number of carboxylic acid groups (broad SMARTS) is 1. The van der Waals surface area contributed by atoms with Crippen molar-refractivity contribution in [3.63, 3.8) is 0 Å². The molecule has 0 saturated carbocycles. The second-order valence-corrected chi connectivity index (χ2v) is 3.23. The van der Waals surface area contributed by atoms with Crippen LogP contribution in [0, 0.1) is 6.92 Å². The molecular weight excluding hydrogens is 226 g/mol. The van der Waals surface area contributed by atoms with E-state index in [0.29, 0.717) is 5.69 Å². The summed E-state index contributed by atoms with van der Waals surface area (Å²) < 4.78 is 5.88. The molecule has 0 atom stereocenters. The van der Waals surface area contributed by atoms with Crippen LogP contribution in [0.2, 0.25) is 0 Å². The number of rotatable bonds is 5. The highest BCUT2D eigenvalue weighted by Crippen LogP contribution is 2.10. The first-order valence-electron chi connectivity index (χ1n) is 4.84. The van der Waals surface area contributed by atoms with Gasteiger partial charge in [0, 0.05) is 6.07 Å². The summed E-state index contributed by atoms with van der Waals surface area (Å²) in [5.74, 6) is -0.769. The highest BCUT2D eigenvalue weighted by Gasteiger charge is 2.11. The maximum atomic E-state index is 11.2. The first-order valence-corrected chi connectivity index (χ1v) is 4.84. The SMILES string of the molecule is C=CCOC(=O)Nc1cc(C)nn1CC(=O)O. The molecule has 0 radical (unpaired) electrons. The summed E-state index contributed by atoms with van der Waals surface area (Å²) >= 11 is 0. The Labute approximate surface area is 97.7 Å². The Balaban J connectivity index is 2.72. The smallest absolute Gasteiger partial charge is 0.413 e. The van der Waals surface area contributed by atoms with Crippen molar-refractivity contribution in [1.82, 2.24) is 9.78 Å². The Morgan fingerprint density at radius 1 is 1.71 bits per heavy atom. The number of aliphatic carboxylic acids is 1. The minimum absolute atomic E-state index is 0.0812. The van der Waals surface area contributed by atoms with Gasteiger partial charge in [-0.05, 0) is 6.92 Å². The number of hydrogen-bond donors (Lipinski definition) is 2. The highest BCUT2D eigenvalue weighted by molar-refractivity contribution is 5.83. The Morgan fingerprint density at radius 2 is 2.41 bits per heavy atom. The van der Waals surface area contributed by atoms with E-state index < -0.39 is 12.1 Å². The minimum Gasteiger partial charge on any atom is -0.480 e. The van der Waals surface area contributed by atoms with Crippen LogP contribution in [0.15, 0.2) is 18.7 Å². The summed E-state index contributed by atoms with van der Waals surface area (Å²) in [4.78, 5) is 21.8. The van der Waals surface area contributed by atoms with Gasteiger partial charge in [0.05, 0.1) is 5.69 Å². The Hall–Kier alpha value is -2.31. The van der Waals surface area contributed by atoms with Gasteiger partial charge in [0.25, 0.3) is 0 Å². The van der Waals surface area contributed by atoms with Gasteiger partial charge in [0.1, 0.15) is 19.0 Å². The standard InChI is InChI=1S/C10H13N3O4/c1-3-4-17-10(16)11-8-5-7(2)12-13(8)6-9(14)15/h3,5H,1,4,6H2,2H3,(H,11,16)(H,14,15). The summed E-state index contributed by atoms with van der Waals surface area (Å²) in [6.07, 6.45) is 0.746. The molecule has 1 heterocycles. The van der Waals surface area contributed by atoms with Crippen LogP contribution < -0.4 is 5.32 Å². The molecule has 1 aromatic heterocycles. The molecule has 0 aliphatic heterocycles. The van der Waals surface area contributed by atoms with Crippen LogP contribution in [0.4, 0.5) is 10.6 Å². The number of carbonyl (C=O) groups excluding carboxylic acids is 1. The Kier molecular flexibility index (Phi) is 4.27. The quantitative estimate of drug-likeness (QED) is 0.748. The molecule has 0 unspecified atom stereocenters. The molecule has 1 aromatic rings. The lowest BCUT2D eigenvalue weighted by Crippen LogP contribution is -2.19. The number of carboxylic acids is 1. The van der Waals surface area contributed by atoms with E-state index in [2.05, 4.69) is 17.0 Å². The number of ether oxygens (including phenoxy) is 1. The maximum absolute atomic E-state index is 11.2. The molecular formula is C10H13N3O4. The highest BCUT2D eigenvalue weighted by atomic mass is 16.5. The number of anilines is 1. The van der Waals surface area contributed by atoms with Crippen LogP contribution in [0.3, 0.4) is 0 Å². The molecule has 0 saturated heterocycles. The number of aryl methyl sites for hydroxylation is 1. The van der Waals surface area contributed by atoms with E-state index in [0.717, 1.165) is 0 Å². The van der Waals surface area contributed by atoms with Crippen molar-refractivity contribution in [3.8, 4) is 0 Å². The van der Waals surface area contributed by atoms with Crippen LogP contribution in [-0.4, -0.2) is 33.6 Å². The average Bonchev–Trinajstić information content (AvgIpc) is 2.55. The van der Waals surface area contributed by atoms with Gasteiger partial charge in [0.2, 0.25) is 0 Å². The lowest BCUT2D eigenvalue weighted by molar-refractivity contribution is -0.137. The lowest BCUT2D eigenvalue weighted by atomic mass is 10.5. The van der Waals surface area contributed by atoms with Crippen LogP contribution in [0.25, 0.3) is 0 Å². The van der Waals surface area contributed by atoms with Gasteiger partial charge >= 0.3 is 12.1 Å². The summed E-state index contributed by atoms with van der Waals surface area (Å²) in [5.41, 5.74) is 0.602. The van der Waals surface area contributed by atoms with E-state index in [1.165, 1.54) is 10.8 Å². The summed E-state index contributed by atoms with van der Waals surface area (Å²) in [6.45, 7) is 4.85. The molecule has 2 N–H and O–H groups in total. The lowest BCUT2D eigenvalue weighted by Gasteiger charge is -2.06. The molecule has 0 fully saturated rings. The van der Waals surface area contributed by atoms with E-state index in [-0.39, 0.29) is 19.0 Å². The van der Waals surface area contributed by atoms with E-state index in [9.17, 15) is 9.59 Å². The minimum atomic E-state index is -1.05. The zero-order chi connectivity index (χ0) is 12.8. The van der Waals surface area contributed by atoms with Gasteiger partial charge in [-0.25, -0.2) is 9.48 Å². The van der Waals surface area contributed by atoms with Crippen molar-refractivity contribution in [1.29, 1.82) is 0 Å². The van der Waals surface area contributed by atoms with E-state index in [4.69, 9.17) is 9.84 Å². The van der Waals surface area contributed by atoms with Crippen molar-refractivity contribution in [2.24, 2.45) is 0 Å². The predicted molar refractivity (Wildman–Crippen MR) is 59.8 cm³/mol. The number of carbonyl (C=O) groups is 2. The van der Waals surface area contributed by atoms with Crippen molar-refractivity contribution in [2.45, 2.75) is 13.5 Å². The topological polar surface area (TPSA) is 93.5 Å². The summed E-state index contributed by atoms with van der Waals surface area (Å²) in [6, 6.07) is 1.55. The van der Waals surface area contributed by atoms with E-state index >= 15 is 0 Å². The Bertz CT molecular complexity index is 439. The molecule has 0 aromatic carbocycles. The first-order chi connectivity index (χ1) is 8.02. The van der Waals surface area contributed by atoms with Gasteiger partial charge < -0.3 is 9.84 Å². The molecule has 0 aliphatic carbocycles. The van der Waals surface area contributed by atoms with Crippen LogP contribution in [-0.2, 0) is 16.1 Å². The van der Waals surface area contributed by atoms with Crippen molar-refractivity contribution in [3.05, 3.63) is 24.4 Å². The fourth-order valence-electron chi connectivity index (χ4n) is 1.17. The maximum Gasteiger partial charge on any atom is 0.413 e. The van der Waals surface area contributed by atoms with Gasteiger partial charge in [-0.15, -0.1) is 0 Å². The van der Waals surface area contributed by atoms with Crippen molar-refractivity contribution < 1.29 is 19.4 Å². The summed E-state index contributed by atoms with van der Waals surface area (Å²) in [5, 5.41) is 15.0. The molecule has 1 rings (SSSR count). The molecule has 0 spiro atoms. The fraction of sp³-hybridized carbons (Fsp3) is 0.300. The number of nitrogens with zero attached hydrogens (tertiary/aromatic N) is 2. The van der Waals surface area contributed by atoms with Gasteiger partial charge in [0.15, 0.2) is 0 Å². The molecule has 1 amide bonds. The molecule has 0 aliphatic rings. The zero-order valence-electron chi connectivity index (χ0n) is 9.34. The van der Waals surface area contributed by atoms with E-state index in [1.54, 1.807) is 13.0 Å². The molecule has 7 nitrogen and oxygen atoms in total. The third kappa shape index (κ3) is 3.98. The third-order valence-corrected chi connectivity index (χ3v) is 1.75. The third-order valence-electron chi connectivity index (χ3n) is 1.75. The Morgan fingerprint density at radius 3 is 3.00 bits per heavy atom. The molecule has 17 heavy (non-hydrogen) atoms. The van der Waals surface area contributed by atoms with Gasteiger partial charge in [-0.2, -0.15) is 5.10 Å².